The van der Waals surface area contributed by atoms with Gasteiger partial charge < -0.3 is 10.5 Å². The molecule has 0 fully saturated rings. The van der Waals surface area contributed by atoms with Crippen molar-refractivity contribution in [3.63, 3.8) is 0 Å². The highest BCUT2D eigenvalue weighted by Gasteiger charge is 2.02. The van der Waals surface area contributed by atoms with Crippen molar-refractivity contribution in [1.82, 2.24) is 15.0 Å². The molecule has 2 aromatic rings. The van der Waals surface area contributed by atoms with Gasteiger partial charge in [0.25, 0.3) is 0 Å². The summed E-state index contributed by atoms with van der Waals surface area (Å²) in [4.78, 5) is 11.9. The molecule has 0 radical (unpaired) electrons. The van der Waals surface area contributed by atoms with Crippen LogP contribution in [0.25, 0.3) is 0 Å². The van der Waals surface area contributed by atoms with Crippen molar-refractivity contribution in [2.45, 2.75) is 19.8 Å². The number of rotatable bonds is 5. The summed E-state index contributed by atoms with van der Waals surface area (Å²) in [5.74, 6) is 0.807. The molecule has 18 heavy (non-hydrogen) atoms. The fraction of sp³-hybridized carbons (Fsp3) is 0.308. The van der Waals surface area contributed by atoms with E-state index in [0.717, 1.165) is 18.4 Å². The zero-order valence-electron chi connectivity index (χ0n) is 10.3. The number of ether oxygens (including phenoxy) is 1. The third-order valence-corrected chi connectivity index (χ3v) is 2.54. The fourth-order valence-electron chi connectivity index (χ4n) is 1.58. The summed E-state index contributed by atoms with van der Waals surface area (Å²) in [6, 6.07) is 4.02. The molecule has 5 nitrogen and oxygen atoms in total. The first kappa shape index (κ1) is 12.3. The van der Waals surface area contributed by atoms with Gasteiger partial charge in [0.2, 0.25) is 11.8 Å². The average molecular weight is 244 g/mol. The first-order valence-electron chi connectivity index (χ1n) is 5.86. The number of nitrogen functional groups attached to an aromatic ring is 1. The number of aromatic nitrogens is 3. The van der Waals surface area contributed by atoms with E-state index < -0.39 is 0 Å². The zero-order valence-corrected chi connectivity index (χ0v) is 10.3. The van der Waals surface area contributed by atoms with Gasteiger partial charge in [-0.25, -0.2) is 4.98 Å². The molecule has 94 valence electrons. The van der Waals surface area contributed by atoms with Crippen LogP contribution in [-0.4, -0.2) is 21.6 Å². The lowest BCUT2D eigenvalue weighted by atomic mass is 10.1. The van der Waals surface area contributed by atoms with Gasteiger partial charge in [-0.3, -0.25) is 4.98 Å². The summed E-state index contributed by atoms with van der Waals surface area (Å²) < 4.78 is 5.59. The Balaban J connectivity index is 1.80. The number of anilines is 1. The molecule has 5 heteroatoms. The number of aryl methyl sites for hydroxylation is 2. The molecule has 2 aromatic heterocycles. The van der Waals surface area contributed by atoms with E-state index in [9.17, 15) is 0 Å². The smallest absolute Gasteiger partial charge is 0.223 e. The topological polar surface area (TPSA) is 73.9 Å². The van der Waals surface area contributed by atoms with Gasteiger partial charge in [0.1, 0.15) is 0 Å². The number of nitrogens with two attached hydrogens (primary N) is 1. The van der Waals surface area contributed by atoms with Crippen molar-refractivity contribution in [3.05, 3.63) is 41.9 Å². The molecular formula is C13H16N4O. The molecule has 0 amide bonds. The van der Waals surface area contributed by atoms with Gasteiger partial charge in [-0.2, -0.15) is 4.98 Å². The van der Waals surface area contributed by atoms with Gasteiger partial charge in [-0.15, -0.1) is 0 Å². The Bertz CT molecular complexity index is 502. The molecule has 2 heterocycles. The molecular weight excluding hydrogens is 228 g/mol. The minimum absolute atomic E-state index is 0.240. The summed E-state index contributed by atoms with van der Waals surface area (Å²) in [5.41, 5.74) is 7.67. The second-order valence-corrected chi connectivity index (χ2v) is 4.02. The van der Waals surface area contributed by atoms with E-state index in [2.05, 4.69) is 15.0 Å². The fourth-order valence-corrected chi connectivity index (χ4v) is 1.58. The summed E-state index contributed by atoms with van der Waals surface area (Å²) in [6.07, 6.45) is 7.15. The molecule has 0 atom stereocenters. The summed E-state index contributed by atoms with van der Waals surface area (Å²) in [6.45, 7) is 2.51. The normalized spacial score (nSPS) is 10.3. The average Bonchev–Trinajstić information content (AvgIpc) is 2.40. The second kappa shape index (κ2) is 5.95. The van der Waals surface area contributed by atoms with Crippen molar-refractivity contribution in [3.8, 4) is 5.88 Å². The van der Waals surface area contributed by atoms with Crippen molar-refractivity contribution in [1.29, 1.82) is 0 Å². The van der Waals surface area contributed by atoms with Gasteiger partial charge in [-0.05, 0) is 37.5 Å². The van der Waals surface area contributed by atoms with E-state index in [4.69, 9.17) is 10.5 Å². The van der Waals surface area contributed by atoms with Gasteiger partial charge >= 0.3 is 0 Å². The van der Waals surface area contributed by atoms with Crippen LogP contribution in [0.2, 0.25) is 0 Å². The maximum absolute atomic E-state index is 5.59. The molecule has 0 bridgehead atoms. The van der Waals surface area contributed by atoms with Crippen LogP contribution in [0.5, 0.6) is 5.88 Å². The Kier molecular flexibility index (Phi) is 4.06. The highest BCUT2D eigenvalue weighted by Crippen LogP contribution is 2.14. The first-order valence-corrected chi connectivity index (χ1v) is 5.86. The molecule has 0 aliphatic heterocycles. The minimum atomic E-state index is 0.240. The maximum atomic E-state index is 5.59. The molecule has 0 unspecified atom stereocenters. The van der Waals surface area contributed by atoms with Gasteiger partial charge in [0, 0.05) is 24.2 Å². The Labute approximate surface area is 106 Å². The van der Waals surface area contributed by atoms with Crippen LogP contribution < -0.4 is 10.5 Å². The van der Waals surface area contributed by atoms with Crippen molar-refractivity contribution in [2.24, 2.45) is 0 Å². The van der Waals surface area contributed by atoms with Crippen LogP contribution in [0.3, 0.4) is 0 Å². The summed E-state index contributed by atoms with van der Waals surface area (Å²) >= 11 is 0. The van der Waals surface area contributed by atoms with Crippen molar-refractivity contribution < 1.29 is 4.74 Å². The molecule has 0 aliphatic carbocycles. The van der Waals surface area contributed by atoms with Gasteiger partial charge in [0.15, 0.2) is 0 Å². The maximum Gasteiger partial charge on any atom is 0.223 e. The third-order valence-electron chi connectivity index (χ3n) is 2.54. The van der Waals surface area contributed by atoms with Crippen LogP contribution in [0.15, 0.2) is 30.7 Å². The number of pyridine rings is 1. The van der Waals surface area contributed by atoms with E-state index in [1.165, 1.54) is 5.56 Å². The summed E-state index contributed by atoms with van der Waals surface area (Å²) in [5, 5.41) is 0. The standard InChI is InChI=1S/C13H16N4O/c1-10-9-16-13(14)17-12(10)18-8-2-3-11-4-6-15-7-5-11/h4-7,9H,2-3,8H2,1H3,(H2,14,16,17). The lowest BCUT2D eigenvalue weighted by molar-refractivity contribution is 0.297. The Morgan fingerprint density at radius 1 is 1.28 bits per heavy atom. The first-order chi connectivity index (χ1) is 8.75. The van der Waals surface area contributed by atoms with Gasteiger partial charge in [-0.1, -0.05) is 0 Å². The number of hydrogen-bond acceptors (Lipinski definition) is 5. The Morgan fingerprint density at radius 3 is 2.83 bits per heavy atom. The molecule has 0 saturated heterocycles. The molecule has 2 rings (SSSR count). The predicted molar refractivity (Wildman–Crippen MR) is 69.2 cm³/mol. The minimum Gasteiger partial charge on any atom is -0.477 e. The van der Waals surface area contributed by atoms with Crippen LogP contribution >= 0.6 is 0 Å². The second-order valence-electron chi connectivity index (χ2n) is 4.02. The number of nitrogens with zero attached hydrogens (tertiary/aromatic N) is 3. The van der Waals surface area contributed by atoms with Crippen LogP contribution in [-0.2, 0) is 6.42 Å². The summed E-state index contributed by atoms with van der Waals surface area (Å²) in [7, 11) is 0. The molecule has 0 spiro atoms. The lowest BCUT2D eigenvalue weighted by Gasteiger charge is -2.07. The highest BCUT2D eigenvalue weighted by molar-refractivity contribution is 5.28. The molecule has 0 aliphatic rings. The quantitative estimate of drug-likeness (QED) is 0.811. The van der Waals surface area contributed by atoms with Crippen LogP contribution in [0, 0.1) is 6.92 Å². The lowest BCUT2D eigenvalue weighted by Crippen LogP contribution is -2.05. The monoisotopic (exact) mass is 244 g/mol. The molecule has 2 N–H and O–H groups in total. The van der Waals surface area contributed by atoms with E-state index in [0.29, 0.717) is 12.5 Å². The van der Waals surface area contributed by atoms with Crippen molar-refractivity contribution in [2.75, 3.05) is 12.3 Å². The largest absolute Gasteiger partial charge is 0.477 e. The van der Waals surface area contributed by atoms with E-state index in [-0.39, 0.29) is 5.95 Å². The predicted octanol–water partition coefficient (Wildman–Crippen LogP) is 1.77. The molecule has 0 saturated carbocycles. The highest BCUT2D eigenvalue weighted by atomic mass is 16.5. The third kappa shape index (κ3) is 3.41. The van der Waals surface area contributed by atoms with Gasteiger partial charge in [0.05, 0.1) is 6.61 Å². The van der Waals surface area contributed by atoms with E-state index >= 15 is 0 Å². The van der Waals surface area contributed by atoms with Crippen LogP contribution in [0.4, 0.5) is 5.95 Å². The van der Waals surface area contributed by atoms with E-state index in [1.807, 2.05) is 19.1 Å². The zero-order chi connectivity index (χ0) is 12.8. The van der Waals surface area contributed by atoms with E-state index in [1.54, 1.807) is 18.6 Å². The SMILES string of the molecule is Cc1cnc(N)nc1OCCCc1ccncc1. The van der Waals surface area contributed by atoms with Crippen LogP contribution in [0.1, 0.15) is 17.5 Å². The van der Waals surface area contributed by atoms with Crippen molar-refractivity contribution >= 4 is 5.95 Å². The molecule has 0 aromatic carbocycles. The number of hydrogen-bond donors (Lipinski definition) is 1. The Hall–Kier alpha value is -2.17. The Morgan fingerprint density at radius 2 is 2.06 bits per heavy atom.